The van der Waals surface area contributed by atoms with Crippen LogP contribution in [0.2, 0.25) is 0 Å². The zero-order chi connectivity index (χ0) is 12.1. The molecule has 0 heterocycles. The minimum atomic E-state index is -0.832. The molecule has 0 bridgehead atoms. The number of benzene rings is 1. The van der Waals surface area contributed by atoms with Gasteiger partial charge in [0.05, 0.1) is 5.56 Å². The lowest BCUT2D eigenvalue weighted by Gasteiger charge is -2.12. The van der Waals surface area contributed by atoms with Crippen molar-refractivity contribution >= 4 is 5.91 Å². The molecule has 1 aromatic rings. The Kier molecular flexibility index (Phi) is 4.40. The van der Waals surface area contributed by atoms with E-state index >= 15 is 0 Å². The highest BCUT2D eigenvalue weighted by Gasteiger charge is 2.14. The van der Waals surface area contributed by atoms with Gasteiger partial charge in [0.1, 0.15) is 11.6 Å². The summed E-state index contributed by atoms with van der Waals surface area (Å²) in [5.74, 6) is -2.02. The Hall–Kier alpha value is -1.45. The van der Waals surface area contributed by atoms with Gasteiger partial charge in [0.25, 0.3) is 5.91 Å². The topological polar surface area (TPSA) is 29.1 Å². The van der Waals surface area contributed by atoms with E-state index < -0.39 is 17.5 Å². The lowest BCUT2D eigenvalue weighted by Crippen LogP contribution is -2.32. The summed E-state index contributed by atoms with van der Waals surface area (Å²) < 4.78 is 25.9. The summed E-state index contributed by atoms with van der Waals surface area (Å²) in [6.07, 6.45) is 1.77. The van der Waals surface area contributed by atoms with Crippen molar-refractivity contribution in [2.75, 3.05) is 0 Å². The minimum absolute atomic E-state index is 0.0121. The van der Waals surface area contributed by atoms with Crippen LogP contribution in [0.3, 0.4) is 0 Å². The van der Waals surface area contributed by atoms with Crippen LogP contribution in [-0.2, 0) is 0 Å². The fourth-order valence-electron chi connectivity index (χ4n) is 1.48. The maximum absolute atomic E-state index is 13.2. The zero-order valence-electron chi connectivity index (χ0n) is 9.39. The molecule has 0 aliphatic carbocycles. The number of rotatable bonds is 4. The molecule has 0 unspecified atom stereocenters. The van der Waals surface area contributed by atoms with Crippen molar-refractivity contribution in [3.8, 4) is 0 Å². The maximum atomic E-state index is 13.2. The monoisotopic (exact) mass is 227 g/mol. The maximum Gasteiger partial charge on any atom is 0.254 e. The zero-order valence-corrected chi connectivity index (χ0v) is 9.39. The van der Waals surface area contributed by atoms with Crippen LogP contribution in [-0.4, -0.2) is 11.9 Å². The van der Waals surface area contributed by atoms with E-state index in [-0.39, 0.29) is 11.6 Å². The molecule has 1 atom stereocenters. The van der Waals surface area contributed by atoms with Crippen molar-refractivity contribution in [1.82, 2.24) is 5.32 Å². The van der Waals surface area contributed by atoms with Crippen LogP contribution in [0.15, 0.2) is 18.2 Å². The lowest BCUT2D eigenvalue weighted by molar-refractivity contribution is 0.0934. The third-order valence-electron chi connectivity index (χ3n) is 2.27. The summed E-state index contributed by atoms with van der Waals surface area (Å²) in [4.78, 5) is 11.6. The molecule has 0 radical (unpaired) electrons. The van der Waals surface area contributed by atoms with Gasteiger partial charge in [0.2, 0.25) is 0 Å². The second-order valence-corrected chi connectivity index (χ2v) is 3.79. The highest BCUT2D eigenvalue weighted by atomic mass is 19.1. The molecule has 0 aliphatic rings. The lowest BCUT2D eigenvalue weighted by atomic mass is 10.1. The first kappa shape index (κ1) is 12.6. The summed E-state index contributed by atoms with van der Waals surface area (Å²) in [5.41, 5.74) is -0.121. The van der Waals surface area contributed by atoms with Crippen LogP contribution >= 0.6 is 0 Å². The molecular formula is C12H15F2NO. The molecule has 1 aromatic carbocycles. The van der Waals surface area contributed by atoms with Crippen LogP contribution in [0, 0.1) is 11.6 Å². The normalized spacial score (nSPS) is 12.2. The van der Waals surface area contributed by atoms with Crippen LogP contribution in [0.4, 0.5) is 8.78 Å². The Labute approximate surface area is 93.7 Å². The van der Waals surface area contributed by atoms with E-state index in [2.05, 4.69) is 5.32 Å². The van der Waals surface area contributed by atoms with Crippen LogP contribution in [0.25, 0.3) is 0 Å². The van der Waals surface area contributed by atoms with Crippen LogP contribution in [0.1, 0.15) is 37.0 Å². The molecule has 1 amide bonds. The molecule has 16 heavy (non-hydrogen) atoms. The Bertz CT molecular complexity index is 379. The van der Waals surface area contributed by atoms with Gasteiger partial charge < -0.3 is 5.32 Å². The molecule has 4 heteroatoms. The van der Waals surface area contributed by atoms with Gasteiger partial charge in [0.15, 0.2) is 0 Å². The second kappa shape index (κ2) is 5.58. The van der Waals surface area contributed by atoms with Crippen molar-refractivity contribution in [3.63, 3.8) is 0 Å². The molecular weight excluding hydrogens is 212 g/mol. The standard InChI is InChI=1S/C12H15F2NO/c1-3-4-8(2)15-12(16)10-6-5-9(13)7-11(10)14/h5-8H,3-4H2,1-2H3,(H,15,16)/t8-/m0/s1. The SMILES string of the molecule is CCC[C@H](C)NC(=O)c1ccc(F)cc1F. The van der Waals surface area contributed by atoms with E-state index in [4.69, 9.17) is 0 Å². The Morgan fingerprint density at radius 3 is 2.69 bits per heavy atom. The quantitative estimate of drug-likeness (QED) is 0.841. The first-order chi connectivity index (χ1) is 7.54. The molecule has 0 spiro atoms. The number of hydrogen-bond donors (Lipinski definition) is 1. The fourth-order valence-corrected chi connectivity index (χ4v) is 1.48. The number of nitrogens with one attached hydrogen (secondary N) is 1. The largest absolute Gasteiger partial charge is 0.349 e. The molecule has 0 fully saturated rings. The average molecular weight is 227 g/mol. The fraction of sp³-hybridized carbons (Fsp3) is 0.417. The van der Waals surface area contributed by atoms with Gasteiger partial charge in [-0.25, -0.2) is 8.78 Å². The summed E-state index contributed by atoms with van der Waals surface area (Å²) in [6, 6.07) is 2.92. The van der Waals surface area contributed by atoms with Gasteiger partial charge in [-0.3, -0.25) is 4.79 Å². The van der Waals surface area contributed by atoms with E-state index in [1.807, 2.05) is 13.8 Å². The van der Waals surface area contributed by atoms with Gasteiger partial charge in [-0.05, 0) is 25.5 Å². The van der Waals surface area contributed by atoms with Crippen LogP contribution < -0.4 is 5.32 Å². The summed E-state index contributed by atoms with van der Waals surface area (Å²) in [5, 5.41) is 2.66. The minimum Gasteiger partial charge on any atom is -0.349 e. The third kappa shape index (κ3) is 3.29. The van der Waals surface area contributed by atoms with Crippen LogP contribution in [0.5, 0.6) is 0 Å². The third-order valence-corrected chi connectivity index (χ3v) is 2.27. The second-order valence-electron chi connectivity index (χ2n) is 3.79. The summed E-state index contributed by atoms with van der Waals surface area (Å²) in [7, 11) is 0. The molecule has 1 N–H and O–H groups in total. The van der Waals surface area contributed by atoms with E-state index in [9.17, 15) is 13.6 Å². The predicted molar refractivity (Wildman–Crippen MR) is 58.2 cm³/mol. The van der Waals surface area contributed by atoms with Gasteiger partial charge in [0, 0.05) is 12.1 Å². The number of hydrogen-bond acceptors (Lipinski definition) is 1. The molecule has 0 aliphatic heterocycles. The number of carbonyl (C=O) groups is 1. The van der Waals surface area contributed by atoms with Crippen molar-refractivity contribution in [1.29, 1.82) is 0 Å². The highest BCUT2D eigenvalue weighted by Crippen LogP contribution is 2.10. The highest BCUT2D eigenvalue weighted by molar-refractivity contribution is 5.94. The first-order valence-corrected chi connectivity index (χ1v) is 5.30. The van der Waals surface area contributed by atoms with E-state index in [0.717, 1.165) is 25.0 Å². The van der Waals surface area contributed by atoms with Gasteiger partial charge in [-0.2, -0.15) is 0 Å². The smallest absolute Gasteiger partial charge is 0.254 e. The van der Waals surface area contributed by atoms with E-state index in [1.54, 1.807) is 0 Å². The van der Waals surface area contributed by atoms with Gasteiger partial charge >= 0.3 is 0 Å². The van der Waals surface area contributed by atoms with Crippen molar-refractivity contribution in [3.05, 3.63) is 35.4 Å². The Morgan fingerprint density at radius 1 is 1.44 bits per heavy atom. The molecule has 0 saturated heterocycles. The molecule has 88 valence electrons. The van der Waals surface area contributed by atoms with Gasteiger partial charge in [-0.15, -0.1) is 0 Å². The Balaban J connectivity index is 2.73. The van der Waals surface area contributed by atoms with Crippen molar-refractivity contribution in [2.24, 2.45) is 0 Å². The molecule has 2 nitrogen and oxygen atoms in total. The molecule has 0 saturated carbocycles. The molecule has 1 rings (SSSR count). The van der Waals surface area contributed by atoms with E-state index in [0.29, 0.717) is 6.07 Å². The molecule has 0 aromatic heterocycles. The summed E-state index contributed by atoms with van der Waals surface area (Å²) >= 11 is 0. The van der Waals surface area contributed by atoms with E-state index in [1.165, 1.54) is 0 Å². The summed E-state index contributed by atoms with van der Waals surface area (Å²) in [6.45, 7) is 3.85. The predicted octanol–water partition coefficient (Wildman–Crippen LogP) is 2.88. The van der Waals surface area contributed by atoms with Crippen molar-refractivity contribution < 1.29 is 13.6 Å². The Morgan fingerprint density at radius 2 is 2.12 bits per heavy atom. The first-order valence-electron chi connectivity index (χ1n) is 5.30. The van der Waals surface area contributed by atoms with Gasteiger partial charge in [-0.1, -0.05) is 13.3 Å². The number of amides is 1. The van der Waals surface area contributed by atoms with Crippen molar-refractivity contribution in [2.45, 2.75) is 32.7 Å². The average Bonchev–Trinajstić information content (AvgIpc) is 2.17. The number of halogens is 2. The number of carbonyl (C=O) groups excluding carboxylic acids is 1.